The van der Waals surface area contributed by atoms with Crippen molar-refractivity contribution in [1.82, 2.24) is 10.2 Å². The van der Waals surface area contributed by atoms with E-state index in [0.29, 0.717) is 6.42 Å². The molecule has 6 nitrogen and oxygen atoms in total. The van der Waals surface area contributed by atoms with Crippen molar-refractivity contribution in [2.75, 3.05) is 19.6 Å². The Balaban J connectivity index is 1.94. The molecule has 24 heavy (non-hydrogen) atoms. The Morgan fingerprint density at radius 2 is 1.71 bits per heavy atom. The zero-order valence-electron chi connectivity index (χ0n) is 14.6. The number of carboxylic acid groups (broad SMARTS) is 1. The van der Waals surface area contributed by atoms with Gasteiger partial charge in [-0.25, -0.2) is 0 Å². The van der Waals surface area contributed by atoms with E-state index in [9.17, 15) is 19.5 Å². The lowest BCUT2D eigenvalue weighted by Gasteiger charge is -2.32. The van der Waals surface area contributed by atoms with Crippen molar-refractivity contribution in [3.63, 3.8) is 0 Å². The molecule has 3 atom stereocenters. The van der Waals surface area contributed by atoms with Crippen molar-refractivity contribution in [2.24, 2.45) is 17.8 Å². The summed E-state index contributed by atoms with van der Waals surface area (Å²) < 4.78 is 0. The highest BCUT2D eigenvalue weighted by molar-refractivity contribution is 5.88. The van der Waals surface area contributed by atoms with Gasteiger partial charge in [-0.05, 0) is 32.1 Å². The Morgan fingerprint density at radius 3 is 2.29 bits per heavy atom. The van der Waals surface area contributed by atoms with Crippen molar-refractivity contribution in [3.05, 3.63) is 0 Å². The van der Waals surface area contributed by atoms with Crippen LogP contribution in [0.4, 0.5) is 0 Å². The normalized spacial score (nSPS) is 25.3. The van der Waals surface area contributed by atoms with E-state index in [-0.39, 0.29) is 30.2 Å². The summed E-state index contributed by atoms with van der Waals surface area (Å²) in [4.78, 5) is 38.4. The Morgan fingerprint density at radius 1 is 1.08 bits per heavy atom. The van der Waals surface area contributed by atoms with Crippen LogP contribution >= 0.6 is 0 Å². The van der Waals surface area contributed by atoms with Crippen molar-refractivity contribution >= 4 is 17.8 Å². The molecule has 2 amide bonds. The van der Waals surface area contributed by atoms with Crippen molar-refractivity contribution in [1.29, 1.82) is 0 Å². The molecular formula is C18H30N2O4. The Bertz CT molecular complexity index is 460. The number of likely N-dealkylation sites (tertiary alicyclic amines) is 1. The highest BCUT2D eigenvalue weighted by Gasteiger charge is 2.38. The standard InChI is InChI=1S/C18H30N2O4/c1-2-7-13(18(23)24)12-19-16(21)14-8-3-4-9-15(14)17(22)20-10-5-6-11-20/h13-15H,2-12H2,1H3,(H,19,21)(H,23,24). The zero-order valence-corrected chi connectivity index (χ0v) is 14.6. The van der Waals surface area contributed by atoms with E-state index < -0.39 is 11.9 Å². The van der Waals surface area contributed by atoms with Gasteiger partial charge in [0.25, 0.3) is 0 Å². The Hall–Kier alpha value is -1.59. The first kappa shape index (κ1) is 18.7. The van der Waals surface area contributed by atoms with Crippen LogP contribution in [-0.2, 0) is 14.4 Å². The topological polar surface area (TPSA) is 86.7 Å². The summed E-state index contributed by atoms with van der Waals surface area (Å²) in [6, 6.07) is 0. The van der Waals surface area contributed by atoms with Gasteiger partial charge in [0.05, 0.1) is 5.92 Å². The number of carbonyl (C=O) groups excluding carboxylic acids is 2. The molecule has 2 aliphatic rings. The maximum Gasteiger partial charge on any atom is 0.308 e. The van der Waals surface area contributed by atoms with Gasteiger partial charge in [0.2, 0.25) is 11.8 Å². The zero-order chi connectivity index (χ0) is 17.5. The fraction of sp³-hybridized carbons (Fsp3) is 0.833. The molecule has 0 radical (unpaired) electrons. The molecule has 0 spiro atoms. The van der Waals surface area contributed by atoms with Crippen molar-refractivity contribution in [3.8, 4) is 0 Å². The highest BCUT2D eigenvalue weighted by Crippen LogP contribution is 2.32. The van der Waals surface area contributed by atoms with E-state index in [1.807, 2.05) is 11.8 Å². The average molecular weight is 338 g/mol. The van der Waals surface area contributed by atoms with Crippen LogP contribution in [0.3, 0.4) is 0 Å². The number of carboxylic acids is 1. The van der Waals surface area contributed by atoms with E-state index in [2.05, 4.69) is 5.32 Å². The third-order valence-electron chi connectivity index (χ3n) is 5.35. The van der Waals surface area contributed by atoms with Gasteiger partial charge in [0.1, 0.15) is 0 Å². The largest absolute Gasteiger partial charge is 0.481 e. The van der Waals surface area contributed by atoms with E-state index in [1.165, 1.54) is 0 Å². The average Bonchev–Trinajstić information content (AvgIpc) is 3.12. The van der Waals surface area contributed by atoms with Gasteiger partial charge in [-0.2, -0.15) is 0 Å². The van der Waals surface area contributed by atoms with E-state index in [0.717, 1.165) is 58.0 Å². The minimum Gasteiger partial charge on any atom is -0.481 e. The number of aliphatic carboxylic acids is 1. The predicted octanol–water partition coefficient (Wildman–Crippen LogP) is 2.03. The summed E-state index contributed by atoms with van der Waals surface area (Å²) in [6.07, 6.45) is 6.86. The van der Waals surface area contributed by atoms with E-state index in [1.54, 1.807) is 0 Å². The first-order valence-electron chi connectivity index (χ1n) is 9.34. The molecular weight excluding hydrogens is 308 g/mol. The van der Waals surface area contributed by atoms with Crippen LogP contribution in [0.25, 0.3) is 0 Å². The molecule has 0 aromatic carbocycles. The second-order valence-corrected chi connectivity index (χ2v) is 7.10. The van der Waals surface area contributed by atoms with Gasteiger partial charge in [0.15, 0.2) is 0 Å². The summed E-state index contributed by atoms with van der Waals surface area (Å²) in [5, 5.41) is 12.0. The first-order valence-corrected chi connectivity index (χ1v) is 9.34. The molecule has 2 rings (SSSR count). The lowest BCUT2D eigenvalue weighted by molar-refractivity contribution is -0.144. The summed E-state index contributed by atoms with van der Waals surface area (Å²) in [7, 11) is 0. The van der Waals surface area contributed by atoms with E-state index >= 15 is 0 Å². The maximum atomic E-state index is 12.7. The molecule has 1 heterocycles. The maximum absolute atomic E-state index is 12.7. The molecule has 0 bridgehead atoms. The molecule has 136 valence electrons. The predicted molar refractivity (Wildman–Crippen MR) is 90.3 cm³/mol. The summed E-state index contributed by atoms with van der Waals surface area (Å²) in [6.45, 7) is 3.70. The monoisotopic (exact) mass is 338 g/mol. The van der Waals surface area contributed by atoms with Crippen LogP contribution in [0.2, 0.25) is 0 Å². The molecule has 1 saturated carbocycles. The third kappa shape index (κ3) is 4.71. The Kier molecular flexibility index (Phi) is 7.06. The first-order chi connectivity index (χ1) is 11.5. The molecule has 0 aromatic rings. The number of amides is 2. The van der Waals surface area contributed by atoms with Crippen LogP contribution in [0, 0.1) is 17.8 Å². The molecule has 2 fully saturated rings. The van der Waals surface area contributed by atoms with Crippen molar-refractivity contribution < 1.29 is 19.5 Å². The lowest BCUT2D eigenvalue weighted by Crippen LogP contribution is -2.45. The molecule has 2 N–H and O–H groups in total. The van der Waals surface area contributed by atoms with Crippen LogP contribution in [0.1, 0.15) is 58.3 Å². The number of nitrogens with zero attached hydrogens (tertiary/aromatic N) is 1. The van der Waals surface area contributed by atoms with Gasteiger partial charge in [-0.3, -0.25) is 14.4 Å². The minimum absolute atomic E-state index is 0.121. The molecule has 1 aliphatic heterocycles. The van der Waals surface area contributed by atoms with Crippen molar-refractivity contribution in [2.45, 2.75) is 58.3 Å². The molecule has 1 saturated heterocycles. The van der Waals surface area contributed by atoms with Gasteiger partial charge in [0, 0.05) is 31.5 Å². The number of carbonyl (C=O) groups is 3. The quantitative estimate of drug-likeness (QED) is 0.743. The van der Waals surface area contributed by atoms with E-state index in [4.69, 9.17) is 0 Å². The fourth-order valence-electron chi connectivity index (χ4n) is 3.93. The fourth-order valence-corrected chi connectivity index (χ4v) is 3.93. The van der Waals surface area contributed by atoms with Gasteiger partial charge in [-0.1, -0.05) is 26.2 Å². The van der Waals surface area contributed by atoms with Gasteiger partial charge < -0.3 is 15.3 Å². The summed E-state index contributed by atoms with van der Waals surface area (Å²) >= 11 is 0. The number of hydrogen-bond acceptors (Lipinski definition) is 3. The molecule has 0 aromatic heterocycles. The van der Waals surface area contributed by atoms with Crippen LogP contribution in [0.15, 0.2) is 0 Å². The molecule has 1 aliphatic carbocycles. The number of rotatable bonds is 7. The highest BCUT2D eigenvalue weighted by atomic mass is 16.4. The summed E-state index contributed by atoms with van der Waals surface area (Å²) in [5.74, 6) is -1.97. The Labute approximate surface area is 144 Å². The second-order valence-electron chi connectivity index (χ2n) is 7.10. The molecule has 6 heteroatoms. The van der Waals surface area contributed by atoms with Gasteiger partial charge >= 0.3 is 5.97 Å². The van der Waals surface area contributed by atoms with Crippen LogP contribution in [-0.4, -0.2) is 47.4 Å². The molecule has 3 unspecified atom stereocenters. The van der Waals surface area contributed by atoms with Gasteiger partial charge in [-0.15, -0.1) is 0 Å². The summed E-state index contributed by atoms with van der Waals surface area (Å²) in [5.41, 5.74) is 0. The third-order valence-corrected chi connectivity index (χ3v) is 5.35. The number of nitrogens with one attached hydrogen (secondary N) is 1. The second kappa shape index (κ2) is 9.04. The SMILES string of the molecule is CCCC(CNC(=O)C1CCCCC1C(=O)N1CCCC1)C(=O)O. The van der Waals surface area contributed by atoms with Crippen LogP contribution in [0.5, 0.6) is 0 Å². The number of hydrogen-bond donors (Lipinski definition) is 2. The van der Waals surface area contributed by atoms with Crippen LogP contribution < -0.4 is 5.32 Å². The lowest BCUT2D eigenvalue weighted by atomic mass is 9.77. The smallest absolute Gasteiger partial charge is 0.308 e. The minimum atomic E-state index is -0.870.